The Bertz CT molecular complexity index is 514. The van der Waals surface area contributed by atoms with Crippen LogP contribution in [0.4, 0.5) is 5.82 Å². The van der Waals surface area contributed by atoms with Crippen LogP contribution in [0.3, 0.4) is 0 Å². The minimum absolute atomic E-state index is 0.541. The van der Waals surface area contributed by atoms with Crippen LogP contribution in [0.5, 0.6) is 0 Å². The van der Waals surface area contributed by atoms with Gasteiger partial charge in [0, 0.05) is 21.9 Å². The molecule has 0 fully saturated rings. The summed E-state index contributed by atoms with van der Waals surface area (Å²) in [5.74, 6) is 1.12. The lowest BCUT2D eigenvalue weighted by atomic mass is 10.1. The molecular weight excluding hydrogens is 280 g/mol. The van der Waals surface area contributed by atoms with Gasteiger partial charge in [-0.15, -0.1) is 0 Å². The second-order valence-corrected chi connectivity index (χ2v) is 4.63. The Labute approximate surface area is 108 Å². The van der Waals surface area contributed by atoms with Gasteiger partial charge in [-0.2, -0.15) is 0 Å². The fourth-order valence-corrected chi connectivity index (χ4v) is 1.91. The molecule has 0 amide bonds. The molecule has 0 unspecified atom stereocenters. The van der Waals surface area contributed by atoms with E-state index in [0.29, 0.717) is 11.6 Å². The van der Waals surface area contributed by atoms with Crippen molar-refractivity contribution < 1.29 is 0 Å². The number of hydrogen-bond donors (Lipinski definition) is 1. The van der Waals surface area contributed by atoms with Crippen LogP contribution in [0.2, 0.25) is 0 Å². The first-order valence-corrected chi connectivity index (χ1v) is 6.16. The largest absolute Gasteiger partial charge is 0.383 e. The summed E-state index contributed by atoms with van der Waals surface area (Å²) in [5.41, 5.74) is 8.56. The van der Waals surface area contributed by atoms with Crippen molar-refractivity contribution in [3.8, 4) is 11.5 Å². The van der Waals surface area contributed by atoms with E-state index in [-0.39, 0.29) is 0 Å². The Morgan fingerprint density at radius 3 is 2.59 bits per heavy atom. The van der Waals surface area contributed by atoms with Gasteiger partial charge in [-0.3, -0.25) is 4.98 Å². The Morgan fingerprint density at radius 1 is 1.29 bits per heavy atom. The minimum Gasteiger partial charge on any atom is -0.383 e. The van der Waals surface area contributed by atoms with Gasteiger partial charge in [0.05, 0.1) is 0 Å². The van der Waals surface area contributed by atoms with Crippen LogP contribution in [0, 0.1) is 6.92 Å². The van der Waals surface area contributed by atoms with Gasteiger partial charge in [0.2, 0.25) is 0 Å². The molecule has 2 N–H and O–H groups in total. The Balaban J connectivity index is 2.50. The van der Waals surface area contributed by atoms with Crippen LogP contribution in [0.25, 0.3) is 11.5 Å². The molecule has 0 saturated heterocycles. The number of nitrogen functional groups attached to an aromatic ring is 1. The zero-order valence-electron chi connectivity index (χ0n) is 9.74. The van der Waals surface area contributed by atoms with Crippen molar-refractivity contribution in [2.24, 2.45) is 0 Å². The topological polar surface area (TPSA) is 64.7 Å². The highest BCUT2D eigenvalue weighted by atomic mass is 79.9. The Morgan fingerprint density at radius 2 is 2.06 bits per heavy atom. The SMILES string of the molecule is CCc1c(C)nc(-c2ccc(Br)cn2)nc1N. The van der Waals surface area contributed by atoms with Crippen molar-refractivity contribution >= 4 is 21.7 Å². The minimum atomic E-state index is 0.541. The van der Waals surface area contributed by atoms with Crippen molar-refractivity contribution in [3.05, 3.63) is 34.1 Å². The number of aromatic nitrogens is 3. The van der Waals surface area contributed by atoms with Gasteiger partial charge in [-0.1, -0.05) is 6.92 Å². The number of anilines is 1. The van der Waals surface area contributed by atoms with Crippen LogP contribution in [0.15, 0.2) is 22.8 Å². The molecule has 2 aromatic rings. The van der Waals surface area contributed by atoms with Crippen LogP contribution in [-0.2, 0) is 6.42 Å². The van der Waals surface area contributed by atoms with E-state index in [4.69, 9.17) is 5.73 Å². The Kier molecular flexibility index (Phi) is 3.38. The smallest absolute Gasteiger partial charge is 0.180 e. The summed E-state index contributed by atoms with van der Waals surface area (Å²) in [6.45, 7) is 3.98. The predicted molar refractivity (Wildman–Crippen MR) is 71.5 cm³/mol. The highest BCUT2D eigenvalue weighted by Gasteiger charge is 2.09. The number of nitrogens with zero attached hydrogens (tertiary/aromatic N) is 3. The second-order valence-electron chi connectivity index (χ2n) is 3.71. The van der Waals surface area contributed by atoms with Gasteiger partial charge in [0.25, 0.3) is 0 Å². The standard InChI is InChI=1S/C12H13BrN4/c1-3-9-7(2)16-12(17-11(9)14)10-5-4-8(13)6-15-10/h4-6H,3H2,1-2H3,(H2,14,16,17). The number of rotatable bonds is 2. The molecule has 0 saturated carbocycles. The van der Waals surface area contributed by atoms with Crippen LogP contribution < -0.4 is 5.73 Å². The third kappa shape index (κ3) is 2.44. The van der Waals surface area contributed by atoms with Gasteiger partial charge >= 0.3 is 0 Å². The maximum absolute atomic E-state index is 5.91. The molecule has 88 valence electrons. The summed E-state index contributed by atoms with van der Waals surface area (Å²) in [7, 11) is 0. The van der Waals surface area contributed by atoms with Crippen molar-refractivity contribution in [2.75, 3.05) is 5.73 Å². The molecular formula is C12H13BrN4. The molecule has 5 heteroatoms. The molecule has 0 aliphatic heterocycles. The van der Waals surface area contributed by atoms with Crippen LogP contribution in [-0.4, -0.2) is 15.0 Å². The van der Waals surface area contributed by atoms with Gasteiger partial charge < -0.3 is 5.73 Å². The lowest BCUT2D eigenvalue weighted by Gasteiger charge is -2.08. The van der Waals surface area contributed by atoms with E-state index >= 15 is 0 Å². The normalized spacial score (nSPS) is 10.5. The molecule has 0 aromatic carbocycles. The molecule has 2 heterocycles. The quantitative estimate of drug-likeness (QED) is 0.924. The summed E-state index contributed by atoms with van der Waals surface area (Å²) in [4.78, 5) is 13.0. The van der Waals surface area contributed by atoms with E-state index in [1.165, 1.54) is 0 Å². The number of aryl methyl sites for hydroxylation is 1. The van der Waals surface area contributed by atoms with E-state index in [2.05, 4.69) is 30.9 Å². The molecule has 2 rings (SSSR count). The lowest BCUT2D eigenvalue weighted by molar-refractivity contribution is 1.00. The third-order valence-corrected chi connectivity index (χ3v) is 3.03. The highest BCUT2D eigenvalue weighted by Crippen LogP contribution is 2.20. The van der Waals surface area contributed by atoms with Gasteiger partial charge in [-0.05, 0) is 41.4 Å². The summed E-state index contributed by atoms with van der Waals surface area (Å²) < 4.78 is 0.927. The van der Waals surface area contributed by atoms with Crippen molar-refractivity contribution in [3.63, 3.8) is 0 Å². The first-order chi connectivity index (χ1) is 8.11. The van der Waals surface area contributed by atoms with Crippen molar-refractivity contribution in [1.82, 2.24) is 15.0 Å². The molecule has 2 aromatic heterocycles. The molecule has 17 heavy (non-hydrogen) atoms. The van der Waals surface area contributed by atoms with Gasteiger partial charge in [0.1, 0.15) is 11.5 Å². The molecule has 0 radical (unpaired) electrons. The predicted octanol–water partition coefficient (Wildman–Crippen LogP) is 2.75. The van der Waals surface area contributed by atoms with Gasteiger partial charge in [-0.25, -0.2) is 9.97 Å². The number of nitrogens with two attached hydrogens (primary N) is 1. The maximum atomic E-state index is 5.91. The maximum Gasteiger partial charge on any atom is 0.180 e. The first-order valence-electron chi connectivity index (χ1n) is 5.36. The van der Waals surface area contributed by atoms with E-state index in [1.54, 1.807) is 6.20 Å². The van der Waals surface area contributed by atoms with E-state index in [0.717, 1.165) is 27.8 Å². The molecule has 0 spiro atoms. The monoisotopic (exact) mass is 292 g/mol. The molecule has 4 nitrogen and oxygen atoms in total. The summed E-state index contributed by atoms with van der Waals surface area (Å²) in [6.07, 6.45) is 2.56. The fourth-order valence-electron chi connectivity index (χ4n) is 1.68. The summed E-state index contributed by atoms with van der Waals surface area (Å²) >= 11 is 3.34. The summed E-state index contributed by atoms with van der Waals surface area (Å²) in [6, 6.07) is 3.77. The first kappa shape index (κ1) is 12.0. The number of hydrogen-bond acceptors (Lipinski definition) is 4. The lowest BCUT2D eigenvalue weighted by Crippen LogP contribution is -2.05. The molecule has 0 aliphatic carbocycles. The van der Waals surface area contributed by atoms with Crippen LogP contribution in [0.1, 0.15) is 18.2 Å². The van der Waals surface area contributed by atoms with Crippen molar-refractivity contribution in [1.29, 1.82) is 0 Å². The molecule has 0 atom stereocenters. The van der Waals surface area contributed by atoms with Gasteiger partial charge in [0.15, 0.2) is 5.82 Å². The second kappa shape index (κ2) is 4.79. The van der Waals surface area contributed by atoms with E-state index in [9.17, 15) is 0 Å². The van der Waals surface area contributed by atoms with Crippen LogP contribution >= 0.6 is 15.9 Å². The average Bonchev–Trinajstić information content (AvgIpc) is 2.29. The third-order valence-electron chi connectivity index (χ3n) is 2.56. The average molecular weight is 293 g/mol. The Hall–Kier alpha value is -1.49. The van der Waals surface area contributed by atoms with Crippen molar-refractivity contribution in [2.45, 2.75) is 20.3 Å². The van der Waals surface area contributed by atoms with E-state index < -0.39 is 0 Å². The highest BCUT2D eigenvalue weighted by molar-refractivity contribution is 9.10. The molecule has 0 aliphatic rings. The molecule has 0 bridgehead atoms. The number of pyridine rings is 1. The summed E-state index contributed by atoms with van der Waals surface area (Å²) in [5, 5.41) is 0. The number of halogens is 1. The zero-order valence-corrected chi connectivity index (χ0v) is 11.3. The van der Waals surface area contributed by atoms with E-state index in [1.807, 2.05) is 26.0 Å². The fraction of sp³-hybridized carbons (Fsp3) is 0.250. The zero-order chi connectivity index (χ0) is 12.4.